The van der Waals surface area contributed by atoms with Crippen molar-refractivity contribution in [1.82, 2.24) is 10.2 Å². The number of carbonyl (C=O) groups excluding carboxylic acids is 1. The van der Waals surface area contributed by atoms with Crippen LogP contribution in [0.15, 0.2) is 0 Å². The maximum atomic E-state index is 12.6. The Labute approximate surface area is 115 Å². The Balaban J connectivity index is 1.92. The quantitative estimate of drug-likeness (QED) is 0.820. The minimum absolute atomic E-state index is 0.102. The molecule has 0 aromatic carbocycles. The van der Waals surface area contributed by atoms with E-state index in [1.54, 1.807) is 12.0 Å². The lowest BCUT2D eigenvalue weighted by molar-refractivity contribution is -0.159. The topological polar surface area (TPSA) is 50.8 Å². The van der Waals surface area contributed by atoms with Gasteiger partial charge in [0.05, 0.1) is 6.10 Å². The van der Waals surface area contributed by atoms with E-state index in [2.05, 4.69) is 5.32 Å². The Morgan fingerprint density at radius 1 is 1.42 bits per heavy atom. The number of piperidine rings is 1. The average molecular weight is 270 g/mol. The number of hydrogen-bond donors (Lipinski definition) is 1. The van der Waals surface area contributed by atoms with Crippen LogP contribution < -0.4 is 5.32 Å². The first kappa shape index (κ1) is 14.8. The molecular formula is C14H26N2O3. The smallest absolute Gasteiger partial charge is 0.254 e. The predicted molar refractivity (Wildman–Crippen MR) is 73.1 cm³/mol. The maximum absolute atomic E-state index is 12.6. The van der Waals surface area contributed by atoms with Crippen molar-refractivity contribution in [2.45, 2.75) is 43.8 Å². The molecule has 2 aliphatic heterocycles. The molecule has 0 radical (unpaired) electrons. The van der Waals surface area contributed by atoms with Gasteiger partial charge in [-0.2, -0.15) is 0 Å². The fraction of sp³-hybridized carbons (Fsp3) is 0.929. The summed E-state index contributed by atoms with van der Waals surface area (Å²) in [6.07, 6.45) is 5.09. The van der Waals surface area contributed by atoms with Crippen LogP contribution in [0.1, 0.15) is 32.1 Å². The lowest BCUT2D eigenvalue weighted by Crippen LogP contribution is -2.55. The summed E-state index contributed by atoms with van der Waals surface area (Å²) < 4.78 is 11.3. The van der Waals surface area contributed by atoms with Crippen LogP contribution >= 0.6 is 0 Å². The fourth-order valence-corrected chi connectivity index (χ4v) is 3.02. The van der Waals surface area contributed by atoms with Crippen LogP contribution in [0.25, 0.3) is 0 Å². The molecule has 0 aromatic rings. The van der Waals surface area contributed by atoms with Gasteiger partial charge in [0.25, 0.3) is 5.91 Å². The molecule has 1 N–H and O–H groups in total. The summed E-state index contributed by atoms with van der Waals surface area (Å²) in [5.74, 6) is 0.102. The van der Waals surface area contributed by atoms with Gasteiger partial charge in [0.15, 0.2) is 0 Å². The van der Waals surface area contributed by atoms with Crippen LogP contribution in [0.2, 0.25) is 0 Å². The Morgan fingerprint density at radius 3 is 2.74 bits per heavy atom. The summed E-state index contributed by atoms with van der Waals surface area (Å²) in [6, 6.07) is 0. The first-order chi connectivity index (χ1) is 9.18. The molecule has 2 heterocycles. The van der Waals surface area contributed by atoms with Crippen LogP contribution in [0, 0.1) is 0 Å². The average Bonchev–Trinajstić information content (AvgIpc) is 2.48. The first-order valence-corrected chi connectivity index (χ1v) is 7.31. The third-order valence-corrected chi connectivity index (χ3v) is 4.29. The number of rotatable bonds is 4. The van der Waals surface area contributed by atoms with Crippen LogP contribution in [-0.4, -0.2) is 62.9 Å². The van der Waals surface area contributed by atoms with E-state index in [9.17, 15) is 4.79 Å². The molecule has 2 aliphatic rings. The van der Waals surface area contributed by atoms with E-state index < -0.39 is 5.60 Å². The van der Waals surface area contributed by atoms with Crippen LogP contribution in [0.5, 0.6) is 0 Å². The molecule has 0 saturated carbocycles. The van der Waals surface area contributed by atoms with Gasteiger partial charge in [0.1, 0.15) is 5.60 Å². The molecule has 2 fully saturated rings. The SMILES string of the molecule is COC1(C(=O)N(C)CC2CCCCO2)CCNCC1. The molecule has 0 bridgehead atoms. The Morgan fingerprint density at radius 2 is 2.16 bits per heavy atom. The van der Waals surface area contributed by atoms with E-state index in [4.69, 9.17) is 9.47 Å². The van der Waals surface area contributed by atoms with Gasteiger partial charge in [-0.1, -0.05) is 0 Å². The first-order valence-electron chi connectivity index (χ1n) is 7.31. The van der Waals surface area contributed by atoms with Gasteiger partial charge in [-0.15, -0.1) is 0 Å². The number of carbonyl (C=O) groups is 1. The van der Waals surface area contributed by atoms with E-state index in [1.807, 2.05) is 7.05 Å². The highest BCUT2D eigenvalue weighted by Gasteiger charge is 2.41. The zero-order valence-corrected chi connectivity index (χ0v) is 12.1. The summed E-state index contributed by atoms with van der Waals surface area (Å²) in [4.78, 5) is 14.4. The molecule has 1 atom stereocenters. The predicted octanol–water partition coefficient (Wildman–Crippen LogP) is 0.783. The van der Waals surface area contributed by atoms with E-state index in [1.165, 1.54) is 6.42 Å². The lowest BCUT2D eigenvalue weighted by Gasteiger charge is -2.38. The Bertz CT molecular complexity index is 297. The summed E-state index contributed by atoms with van der Waals surface area (Å²) in [5.41, 5.74) is -0.630. The number of hydrogen-bond acceptors (Lipinski definition) is 4. The Kier molecular flexibility index (Phi) is 5.19. The molecule has 2 saturated heterocycles. The highest BCUT2D eigenvalue weighted by Crippen LogP contribution is 2.25. The van der Waals surface area contributed by atoms with Gasteiger partial charge < -0.3 is 19.7 Å². The normalized spacial score (nSPS) is 26.9. The van der Waals surface area contributed by atoms with Gasteiger partial charge in [-0.25, -0.2) is 0 Å². The van der Waals surface area contributed by atoms with Crippen LogP contribution in [-0.2, 0) is 14.3 Å². The largest absolute Gasteiger partial charge is 0.376 e. The van der Waals surface area contributed by atoms with E-state index in [0.717, 1.165) is 45.4 Å². The monoisotopic (exact) mass is 270 g/mol. The molecule has 110 valence electrons. The molecule has 1 unspecified atom stereocenters. The standard InChI is InChI=1S/C14H26N2O3/c1-16(11-12-5-3-4-10-19-12)13(17)14(18-2)6-8-15-9-7-14/h12,15H,3-11H2,1-2H3. The molecule has 0 aliphatic carbocycles. The van der Waals surface area contributed by atoms with Gasteiger partial charge >= 0.3 is 0 Å². The van der Waals surface area contributed by atoms with Gasteiger partial charge in [0.2, 0.25) is 0 Å². The van der Waals surface area contributed by atoms with Crippen molar-refractivity contribution in [2.75, 3.05) is 40.4 Å². The molecule has 0 aromatic heterocycles. The van der Waals surface area contributed by atoms with Crippen molar-refractivity contribution >= 4 is 5.91 Å². The molecule has 5 nitrogen and oxygen atoms in total. The number of likely N-dealkylation sites (N-methyl/N-ethyl adjacent to an activating group) is 1. The third kappa shape index (κ3) is 3.46. The highest BCUT2D eigenvalue weighted by atomic mass is 16.5. The summed E-state index contributed by atoms with van der Waals surface area (Å²) in [6.45, 7) is 3.18. The zero-order valence-electron chi connectivity index (χ0n) is 12.1. The lowest BCUT2D eigenvalue weighted by atomic mass is 9.90. The summed E-state index contributed by atoms with van der Waals surface area (Å²) in [7, 11) is 3.51. The summed E-state index contributed by atoms with van der Waals surface area (Å²) in [5, 5.41) is 3.27. The van der Waals surface area contributed by atoms with Crippen molar-refractivity contribution < 1.29 is 14.3 Å². The molecule has 19 heavy (non-hydrogen) atoms. The second-order valence-corrected chi connectivity index (χ2v) is 5.62. The second-order valence-electron chi connectivity index (χ2n) is 5.62. The second kappa shape index (κ2) is 6.68. The van der Waals surface area contributed by atoms with Gasteiger partial charge in [-0.05, 0) is 45.2 Å². The van der Waals surface area contributed by atoms with Crippen LogP contribution in [0.3, 0.4) is 0 Å². The number of amides is 1. The highest BCUT2D eigenvalue weighted by molar-refractivity contribution is 5.85. The van der Waals surface area contributed by atoms with Crippen molar-refractivity contribution in [3.05, 3.63) is 0 Å². The number of methoxy groups -OCH3 is 1. The number of nitrogens with one attached hydrogen (secondary N) is 1. The molecule has 1 amide bonds. The van der Waals surface area contributed by atoms with Crippen molar-refractivity contribution in [3.8, 4) is 0 Å². The molecule has 0 spiro atoms. The molecule has 2 rings (SSSR count). The van der Waals surface area contributed by atoms with Crippen molar-refractivity contribution in [2.24, 2.45) is 0 Å². The van der Waals surface area contributed by atoms with Gasteiger partial charge in [0, 0.05) is 27.3 Å². The summed E-state index contributed by atoms with van der Waals surface area (Å²) >= 11 is 0. The minimum Gasteiger partial charge on any atom is -0.376 e. The Hall–Kier alpha value is -0.650. The number of ether oxygens (including phenoxy) is 2. The maximum Gasteiger partial charge on any atom is 0.254 e. The molecular weight excluding hydrogens is 244 g/mol. The van der Waals surface area contributed by atoms with E-state index in [-0.39, 0.29) is 12.0 Å². The third-order valence-electron chi connectivity index (χ3n) is 4.29. The van der Waals surface area contributed by atoms with E-state index in [0.29, 0.717) is 6.54 Å². The van der Waals surface area contributed by atoms with Crippen LogP contribution in [0.4, 0.5) is 0 Å². The van der Waals surface area contributed by atoms with E-state index >= 15 is 0 Å². The number of nitrogens with zero attached hydrogens (tertiary/aromatic N) is 1. The van der Waals surface area contributed by atoms with Crippen molar-refractivity contribution in [3.63, 3.8) is 0 Å². The zero-order chi connectivity index (χ0) is 13.7. The fourth-order valence-electron chi connectivity index (χ4n) is 3.02. The molecule has 5 heteroatoms. The van der Waals surface area contributed by atoms with Gasteiger partial charge in [-0.3, -0.25) is 4.79 Å². The minimum atomic E-state index is -0.630. The van der Waals surface area contributed by atoms with Crippen molar-refractivity contribution in [1.29, 1.82) is 0 Å².